The lowest BCUT2D eigenvalue weighted by Gasteiger charge is -2.22. The molecule has 8 aromatic carbocycles. The van der Waals surface area contributed by atoms with E-state index in [2.05, 4.69) is 198 Å². The van der Waals surface area contributed by atoms with E-state index in [1.54, 1.807) is 68.8 Å². The number of carbonyl (C=O) groups excluding carboxylic acids is 10. The third kappa shape index (κ3) is 61.1. The van der Waals surface area contributed by atoms with Crippen molar-refractivity contribution < 1.29 is 57.6 Å². The van der Waals surface area contributed by atoms with E-state index in [-0.39, 0.29) is 110 Å². The van der Waals surface area contributed by atoms with Gasteiger partial charge in [-0.3, -0.25) is 52.9 Å². The third-order valence-electron chi connectivity index (χ3n) is 17.3. The van der Waals surface area contributed by atoms with Crippen LogP contribution in [0.25, 0.3) is 55.2 Å². The number of ketones is 3. The summed E-state index contributed by atoms with van der Waals surface area (Å²) in [5.74, 6) is 0.0268. The zero-order valence-electron chi connectivity index (χ0n) is 86.2. The maximum absolute atomic E-state index is 12.5. The van der Waals surface area contributed by atoms with E-state index in [0.717, 1.165) is 77.2 Å². The summed E-state index contributed by atoms with van der Waals surface area (Å²) >= 11 is 1.61. The Bertz CT molecular complexity index is 5230. The number of nitrogens with zero attached hydrogens (tertiary/aromatic N) is 4. The zero-order chi connectivity index (χ0) is 103. The quantitative estimate of drug-likeness (QED) is 0.0193. The largest absolute Gasteiger partial charge is 0.395 e. The number of aliphatic hydroxyl groups excluding tert-OH is 1. The number of aromatic nitrogens is 3. The van der Waals surface area contributed by atoms with Crippen LogP contribution in [-0.2, 0) is 70.6 Å². The molecule has 0 atom stereocenters. The molecule has 11 rings (SSSR count). The van der Waals surface area contributed by atoms with E-state index in [1.807, 2.05) is 207 Å². The van der Waals surface area contributed by atoms with E-state index in [9.17, 15) is 53.1 Å². The number of Topliss-reactive ketones (excluding diaryl/α,β-unsaturated/α-hetero) is 3. The first-order valence-corrected chi connectivity index (χ1v) is 47.8. The Kier molecular flexibility index (Phi) is 56.5. The van der Waals surface area contributed by atoms with Crippen LogP contribution in [0.1, 0.15) is 245 Å². The molecule has 0 aliphatic heterocycles. The zero-order valence-corrected chi connectivity index (χ0v) is 87.1. The molecule has 0 aliphatic rings. The Hall–Kier alpha value is -12.7. The number of pyridine rings is 1. The summed E-state index contributed by atoms with van der Waals surface area (Å²) in [5.41, 5.74) is 15.2. The Labute approximate surface area is 821 Å². The summed E-state index contributed by atoms with van der Waals surface area (Å²) in [7, 11) is 6.29. The van der Waals surface area contributed by atoms with Gasteiger partial charge in [-0.1, -0.05) is 357 Å². The van der Waals surface area contributed by atoms with E-state index in [4.69, 9.17) is 9.51 Å². The lowest BCUT2D eigenvalue weighted by molar-refractivity contribution is -0.131. The number of benzene rings is 8. The first-order chi connectivity index (χ1) is 64.4. The molecule has 7 N–H and O–H groups in total. The number of thiazole rings is 1. The normalized spacial score (nSPS) is 10.6. The highest BCUT2D eigenvalue weighted by molar-refractivity contribution is 7.13. The summed E-state index contributed by atoms with van der Waals surface area (Å²) in [6.45, 7) is 47.0. The molecule has 22 nitrogen and oxygen atoms in total. The number of carbonyl (C=O) groups is 10. The second-order valence-electron chi connectivity index (χ2n) is 40.6. The molecular weight excluding hydrogens is 1730 g/mol. The molecule has 0 fully saturated rings. The molecule has 0 saturated heterocycles. The van der Waals surface area contributed by atoms with Gasteiger partial charge in [0.2, 0.25) is 29.5 Å². The molecule has 0 saturated carbocycles. The van der Waals surface area contributed by atoms with Crippen molar-refractivity contribution in [3.05, 3.63) is 281 Å². The maximum Gasteiger partial charge on any atom is 0.273 e. The highest BCUT2D eigenvalue weighted by atomic mass is 32.1. The highest BCUT2D eigenvalue weighted by Gasteiger charge is 2.19. The molecule has 0 aliphatic carbocycles. The van der Waals surface area contributed by atoms with Crippen LogP contribution in [0.3, 0.4) is 0 Å². The predicted octanol–water partition coefficient (Wildman–Crippen LogP) is 22.8. The van der Waals surface area contributed by atoms with Gasteiger partial charge in [0.15, 0.2) is 11.5 Å². The van der Waals surface area contributed by atoms with Crippen molar-refractivity contribution in [1.29, 1.82) is 0 Å². The molecule has 0 radical (unpaired) electrons. The summed E-state index contributed by atoms with van der Waals surface area (Å²) in [5, 5.41) is 32.5. The van der Waals surface area contributed by atoms with Crippen molar-refractivity contribution >= 4 is 80.9 Å². The van der Waals surface area contributed by atoms with Gasteiger partial charge >= 0.3 is 0 Å². The molecule has 137 heavy (non-hydrogen) atoms. The van der Waals surface area contributed by atoms with Crippen molar-refractivity contribution in [1.82, 2.24) is 51.9 Å². The third-order valence-corrected chi connectivity index (χ3v) is 18.2. The van der Waals surface area contributed by atoms with Crippen molar-refractivity contribution in [2.45, 2.75) is 229 Å². The van der Waals surface area contributed by atoms with Crippen molar-refractivity contribution in [2.75, 3.05) is 54.4 Å². The van der Waals surface area contributed by atoms with Gasteiger partial charge < -0.3 is 46.4 Å². The fraction of sp³-hybridized carbons (Fsp3) is 0.412. The molecule has 0 bridgehead atoms. The van der Waals surface area contributed by atoms with Gasteiger partial charge in [0.1, 0.15) is 22.4 Å². The number of aliphatic hydroxyl groups is 1. The van der Waals surface area contributed by atoms with Gasteiger partial charge in [0, 0.05) is 164 Å². The Morgan fingerprint density at radius 1 is 0.394 bits per heavy atom. The van der Waals surface area contributed by atoms with Gasteiger partial charge in [-0.05, 0) is 90.6 Å². The molecule has 0 spiro atoms. The van der Waals surface area contributed by atoms with Gasteiger partial charge in [0.05, 0.1) is 24.2 Å². The second kappa shape index (κ2) is 64.3. The first kappa shape index (κ1) is 120. The number of para-hydroxylation sites is 1. The fourth-order valence-corrected chi connectivity index (χ4v) is 11.9. The standard InChI is InChI=1S/C21H20N2O2S.C19H22N2O3.C18H19NO2.C17H20N2O2.C14H15N3O3.5C5H12/c1-22-20(25)12-11-18(24)13-15-7-9-17(10-8-15)21-23-19(14-26-21)16-5-3-2-4-6-16;1-20-19(24)17-9-7-16(8-10-17)14-21(11-12-22)18(23)13-15-5-3-2-4-6-15;1-19-18(21)12-11-17(20)13-14-7-9-16(10-8-14)15-5-3-2-4-6-15;1-2-16(21)18-10-5-9-15(20)12-14-7-3-6-13-8-4-11-19-17(13)14;1-15-13(18)7-8-16-14(19)11-9-12(20-17-11)10-5-3-2-4-6-10;5*1-5(2,3)4/h2-10,14H,11-13H2,1H3,(H,22,25);2-10,22H,11-14H2,1H3,(H,20,24);2-10H,11-13H2,1H3,(H,19,21);3-4,6-8,11H,2,5,9-10,12H2,1H3,(H,18,21);2-6,9H,7-8H2,1H3,(H,15,18)(H,16,19);5*1-4H3. The monoisotopic (exact) mass is 1890 g/mol. The smallest absolute Gasteiger partial charge is 0.273 e. The van der Waals surface area contributed by atoms with Gasteiger partial charge in [0.25, 0.3) is 11.8 Å². The molecule has 11 aromatic rings. The lowest BCUT2D eigenvalue weighted by Crippen LogP contribution is -2.34. The average Bonchev–Trinajstić information content (AvgIpc) is 1.68. The van der Waals surface area contributed by atoms with Crippen molar-refractivity contribution in [3.63, 3.8) is 0 Å². The second-order valence-corrected chi connectivity index (χ2v) is 41.4. The van der Waals surface area contributed by atoms with E-state index < -0.39 is 0 Å². The minimum Gasteiger partial charge on any atom is -0.395 e. The van der Waals surface area contributed by atoms with E-state index in [1.165, 1.54) is 0 Å². The van der Waals surface area contributed by atoms with Crippen LogP contribution in [0, 0.1) is 27.1 Å². The van der Waals surface area contributed by atoms with Crippen LogP contribution < -0.4 is 31.9 Å². The Morgan fingerprint density at radius 2 is 0.818 bits per heavy atom. The summed E-state index contributed by atoms with van der Waals surface area (Å²) < 4.78 is 5.13. The number of nitrogens with one attached hydrogen (secondary N) is 6. The van der Waals surface area contributed by atoms with Gasteiger partial charge in [-0.25, -0.2) is 4.98 Å². The van der Waals surface area contributed by atoms with Crippen molar-refractivity contribution in [3.8, 4) is 44.3 Å². The summed E-state index contributed by atoms with van der Waals surface area (Å²) in [6.07, 6.45) is 6.12. The number of hydrogen-bond donors (Lipinski definition) is 7. The summed E-state index contributed by atoms with van der Waals surface area (Å²) in [4.78, 5) is 127. The SMILES string of the molecule is CC(C)(C)C.CC(C)(C)C.CC(C)(C)C.CC(C)(C)C.CC(C)(C)C.CCC(=O)NCCCC(=O)Cc1cccc2cccnc12.CNC(=O)CCC(=O)Cc1ccc(-c2ccccc2)cc1.CNC(=O)CCC(=O)Cc1ccc(-c2nc(-c3ccccc3)cs2)cc1.CNC(=O)CCNC(=O)c1cc(-c2ccccc2)on1.CNC(=O)c1ccc(CN(CCO)C(=O)Cc2ccccc2)cc1. The molecule has 7 amide bonds. The molecular formula is C114H156N10O12S. The van der Waals surface area contributed by atoms with Crippen LogP contribution >= 0.6 is 11.3 Å². The lowest BCUT2D eigenvalue weighted by atomic mass is 10.0. The predicted molar refractivity (Wildman–Crippen MR) is 563 cm³/mol. The number of hydrogen-bond acceptors (Lipinski definition) is 16. The molecule has 740 valence electrons. The van der Waals surface area contributed by atoms with Crippen LogP contribution in [0.15, 0.2) is 247 Å². The van der Waals surface area contributed by atoms with Crippen molar-refractivity contribution in [2.24, 2.45) is 27.1 Å². The molecule has 3 aromatic heterocycles. The molecule has 0 unspecified atom stereocenters. The Morgan fingerprint density at radius 3 is 1.28 bits per heavy atom. The maximum atomic E-state index is 12.5. The average molecular weight is 1890 g/mol. The molecule has 23 heteroatoms. The number of rotatable bonds is 32. The van der Waals surface area contributed by atoms with Crippen LogP contribution in [0.5, 0.6) is 0 Å². The Balaban J connectivity index is 0.000000545. The van der Waals surface area contributed by atoms with Gasteiger partial charge in [-0.15, -0.1) is 11.3 Å². The minimum absolute atomic E-state index is 0.0284. The van der Waals surface area contributed by atoms with Crippen LogP contribution in [-0.4, -0.2) is 138 Å². The number of fused-ring (bicyclic) bond motifs is 1. The van der Waals surface area contributed by atoms with Crippen LogP contribution in [0.2, 0.25) is 0 Å². The van der Waals surface area contributed by atoms with Gasteiger partial charge in [-0.2, -0.15) is 0 Å². The molecule has 3 heterocycles. The van der Waals surface area contributed by atoms with E-state index in [0.29, 0.717) is 103 Å². The first-order valence-electron chi connectivity index (χ1n) is 46.9. The topological polar surface area (TPSA) is 318 Å². The summed E-state index contributed by atoms with van der Waals surface area (Å²) in [6, 6.07) is 73.5. The van der Waals surface area contributed by atoms with Crippen LogP contribution in [0.4, 0.5) is 0 Å². The van der Waals surface area contributed by atoms with E-state index >= 15 is 0 Å². The number of amides is 7. The minimum atomic E-state index is -0.361. The highest BCUT2D eigenvalue weighted by Crippen LogP contribution is 2.30. The fourth-order valence-electron chi connectivity index (χ4n) is 11.0.